The average molecular weight is 260 g/mol. The smallest absolute Gasteiger partial charge is 0.240 e. The lowest BCUT2D eigenvalue weighted by molar-refractivity contribution is 0.170. The molecule has 1 fully saturated rings. The summed E-state index contributed by atoms with van der Waals surface area (Å²) in [4.78, 5) is 4.30. The highest BCUT2D eigenvalue weighted by Crippen LogP contribution is 2.27. The number of ether oxygens (including phenoxy) is 1. The summed E-state index contributed by atoms with van der Waals surface area (Å²) in [6.07, 6.45) is 9.29. The zero-order valence-electron chi connectivity index (χ0n) is 11.3. The van der Waals surface area contributed by atoms with Gasteiger partial charge in [-0.1, -0.05) is 19.3 Å². The Balaban J connectivity index is 1.78. The Morgan fingerprint density at radius 1 is 1.37 bits per heavy atom. The van der Waals surface area contributed by atoms with E-state index < -0.39 is 0 Å². The molecular weight excluding hydrogens is 240 g/mol. The lowest BCUT2D eigenvalue weighted by atomic mass is 9.83. The third-order valence-corrected chi connectivity index (χ3v) is 3.82. The number of aryl methyl sites for hydroxylation is 1. The van der Waals surface area contributed by atoms with Crippen molar-refractivity contribution in [3.05, 3.63) is 24.2 Å². The summed E-state index contributed by atoms with van der Waals surface area (Å²) in [7, 11) is 0. The number of nitrogens with zero attached hydrogens (tertiary/aromatic N) is 3. The predicted molar refractivity (Wildman–Crippen MR) is 73.2 cm³/mol. The zero-order valence-corrected chi connectivity index (χ0v) is 11.3. The van der Waals surface area contributed by atoms with Gasteiger partial charge in [0, 0.05) is 12.4 Å². The van der Waals surface area contributed by atoms with E-state index in [1.54, 1.807) is 10.7 Å². The fourth-order valence-electron chi connectivity index (χ4n) is 2.74. The van der Waals surface area contributed by atoms with Crippen molar-refractivity contribution in [2.45, 2.75) is 44.6 Å². The molecule has 2 aromatic heterocycles. The van der Waals surface area contributed by atoms with E-state index in [2.05, 4.69) is 10.1 Å². The highest BCUT2D eigenvalue weighted by atomic mass is 16.5. The topological polar surface area (TPSA) is 65.4 Å². The monoisotopic (exact) mass is 260 g/mol. The fraction of sp³-hybridized carbons (Fsp3) is 0.571. The minimum atomic E-state index is -0.193. The second kappa shape index (κ2) is 4.81. The van der Waals surface area contributed by atoms with Crippen molar-refractivity contribution in [3.8, 4) is 5.88 Å². The summed E-state index contributed by atoms with van der Waals surface area (Å²) in [5, 5.41) is 4.35. The second-order valence-corrected chi connectivity index (χ2v) is 5.56. The van der Waals surface area contributed by atoms with Crippen LogP contribution in [0.1, 0.15) is 37.8 Å². The summed E-state index contributed by atoms with van der Waals surface area (Å²) < 4.78 is 7.67. The lowest BCUT2D eigenvalue weighted by Crippen LogP contribution is -2.47. The highest BCUT2D eigenvalue weighted by Gasteiger charge is 2.28. The van der Waals surface area contributed by atoms with Crippen molar-refractivity contribution in [3.63, 3.8) is 0 Å². The molecule has 102 valence electrons. The van der Waals surface area contributed by atoms with E-state index in [1.165, 1.54) is 19.3 Å². The van der Waals surface area contributed by atoms with Gasteiger partial charge in [0.25, 0.3) is 0 Å². The van der Waals surface area contributed by atoms with Crippen molar-refractivity contribution in [2.75, 3.05) is 6.61 Å². The molecule has 1 saturated carbocycles. The molecule has 2 N–H and O–H groups in total. The van der Waals surface area contributed by atoms with E-state index in [0.29, 0.717) is 12.5 Å². The van der Waals surface area contributed by atoms with E-state index in [4.69, 9.17) is 10.5 Å². The molecule has 0 atom stereocenters. The van der Waals surface area contributed by atoms with Crippen LogP contribution in [0.4, 0.5) is 0 Å². The molecule has 2 heterocycles. The molecule has 0 bridgehead atoms. The van der Waals surface area contributed by atoms with E-state index in [0.717, 1.165) is 24.1 Å². The summed E-state index contributed by atoms with van der Waals surface area (Å²) in [5.74, 6) is 0.624. The number of hydrogen-bond acceptors (Lipinski definition) is 4. The van der Waals surface area contributed by atoms with Crippen LogP contribution in [-0.2, 0) is 0 Å². The first-order valence-corrected chi connectivity index (χ1v) is 6.89. The quantitative estimate of drug-likeness (QED) is 0.917. The molecule has 5 heteroatoms. The maximum absolute atomic E-state index is 6.38. The van der Waals surface area contributed by atoms with Crippen LogP contribution in [0.25, 0.3) is 5.52 Å². The predicted octanol–water partition coefficient (Wildman–Crippen LogP) is 2.08. The number of aromatic nitrogens is 3. The van der Waals surface area contributed by atoms with Gasteiger partial charge in [0.1, 0.15) is 12.1 Å². The van der Waals surface area contributed by atoms with E-state index in [-0.39, 0.29) is 5.54 Å². The first kappa shape index (κ1) is 12.4. The first-order valence-electron chi connectivity index (χ1n) is 6.89. The Bertz CT molecular complexity index is 572. The summed E-state index contributed by atoms with van der Waals surface area (Å²) in [6.45, 7) is 2.49. The number of fused-ring (bicyclic) bond motifs is 1. The number of hydrogen-bond donors (Lipinski definition) is 1. The summed E-state index contributed by atoms with van der Waals surface area (Å²) >= 11 is 0. The fourth-order valence-corrected chi connectivity index (χ4v) is 2.74. The van der Waals surface area contributed by atoms with Crippen LogP contribution in [0.5, 0.6) is 5.88 Å². The Labute approximate surface area is 112 Å². The van der Waals surface area contributed by atoms with E-state index >= 15 is 0 Å². The largest absolute Gasteiger partial charge is 0.474 e. The van der Waals surface area contributed by atoms with Crippen LogP contribution >= 0.6 is 0 Å². The number of nitrogens with two attached hydrogens (primary N) is 1. The van der Waals surface area contributed by atoms with Crippen molar-refractivity contribution in [2.24, 2.45) is 5.73 Å². The third-order valence-electron chi connectivity index (χ3n) is 3.82. The molecule has 0 unspecified atom stereocenters. The Hall–Kier alpha value is -1.62. The highest BCUT2D eigenvalue weighted by molar-refractivity contribution is 5.56. The maximum atomic E-state index is 6.38. The van der Waals surface area contributed by atoms with Gasteiger partial charge in [-0.3, -0.25) is 0 Å². The zero-order chi connectivity index (χ0) is 13.3. The Morgan fingerprint density at radius 3 is 2.95 bits per heavy atom. The summed E-state index contributed by atoms with van der Waals surface area (Å²) in [5.41, 5.74) is 8.05. The van der Waals surface area contributed by atoms with Crippen LogP contribution in [0.3, 0.4) is 0 Å². The minimum absolute atomic E-state index is 0.193. The summed E-state index contributed by atoms with van der Waals surface area (Å²) in [6, 6.07) is 1.98. The molecule has 0 spiro atoms. The molecule has 2 aromatic rings. The normalized spacial score (nSPS) is 18.6. The molecule has 3 rings (SSSR count). The van der Waals surface area contributed by atoms with E-state index in [1.807, 2.05) is 19.2 Å². The van der Waals surface area contributed by atoms with Gasteiger partial charge in [-0.05, 0) is 25.8 Å². The number of rotatable bonds is 3. The van der Waals surface area contributed by atoms with Crippen LogP contribution < -0.4 is 10.5 Å². The maximum Gasteiger partial charge on any atom is 0.240 e. The molecule has 0 aliphatic heterocycles. The van der Waals surface area contributed by atoms with Gasteiger partial charge in [-0.25, -0.2) is 9.50 Å². The molecule has 5 nitrogen and oxygen atoms in total. The Kier molecular flexibility index (Phi) is 3.14. The van der Waals surface area contributed by atoms with Crippen molar-refractivity contribution in [1.29, 1.82) is 0 Å². The average Bonchev–Trinajstić information content (AvgIpc) is 2.78. The second-order valence-electron chi connectivity index (χ2n) is 5.56. The Morgan fingerprint density at radius 2 is 2.16 bits per heavy atom. The van der Waals surface area contributed by atoms with Crippen molar-refractivity contribution >= 4 is 5.52 Å². The van der Waals surface area contributed by atoms with Crippen LogP contribution in [0.2, 0.25) is 0 Å². The standard InChI is InChI=1S/C14H20N4O/c1-11-9-12-13(16-7-8-18(12)17-11)19-10-14(15)5-3-2-4-6-14/h7-9H,2-6,10,15H2,1H3. The van der Waals surface area contributed by atoms with Crippen molar-refractivity contribution in [1.82, 2.24) is 14.6 Å². The van der Waals surface area contributed by atoms with Crippen molar-refractivity contribution < 1.29 is 4.74 Å². The first-order chi connectivity index (χ1) is 9.16. The lowest BCUT2D eigenvalue weighted by Gasteiger charge is -2.32. The van der Waals surface area contributed by atoms with Crippen LogP contribution in [-0.4, -0.2) is 26.7 Å². The van der Waals surface area contributed by atoms with Gasteiger partial charge < -0.3 is 10.5 Å². The SMILES string of the molecule is Cc1cc2c(OCC3(N)CCCCC3)nccn2n1. The van der Waals surface area contributed by atoms with Crippen LogP contribution in [0, 0.1) is 6.92 Å². The van der Waals surface area contributed by atoms with Crippen LogP contribution in [0.15, 0.2) is 18.5 Å². The molecule has 1 aliphatic rings. The molecule has 0 amide bonds. The van der Waals surface area contributed by atoms with Gasteiger partial charge in [-0.15, -0.1) is 0 Å². The van der Waals surface area contributed by atoms with Gasteiger partial charge in [-0.2, -0.15) is 5.10 Å². The molecule has 0 radical (unpaired) electrons. The van der Waals surface area contributed by atoms with Gasteiger partial charge in [0.2, 0.25) is 5.88 Å². The minimum Gasteiger partial charge on any atom is -0.474 e. The molecular formula is C14H20N4O. The van der Waals surface area contributed by atoms with Gasteiger partial charge in [0.15, 0.2) is 0 Å². The molecule has 0 aromatic carbocycles. The molecule has 0 saturated heterocycles. The van der Waals surface area contributed by atoms with Gasteiger partial charge >= 0.3 is 0 Å². The molecule has 19 heavy (non-hydrogen) atoms. The third kappa shape index (κ3) is 2.56. The molecule has 1 aliphatic carbocycles. The van der Waals surface area contributed by atoms with E-state index in [9.17, 15) is 0 Å². The van der Waals surface area contributed by atoms with Gasteiger partial charge in [0.05, 0.1) is 11.2 Å².